The van der Waals surface area contributed by atoms with Gasteiger partial charge in [-0.3, -0.25) is 4.79 Å². The summed E-state index contributed by atoms with van der Waals surface area (Å²) in [5.41, 5.74) is -0.185. The van der Waals surface area contributed by atoms with E-state index in [1.165, 1.54) is 32.1 Å². The third-order valence-corrected chi connectivity index (χ3v) is 2.89. The fourth-order valence-electron chi connectivity index (χ4n) is 1.88. The summed E-state index contributed by atoms with van der Waals surface area (Å²) in [5, 5.41) is 0. The van der Waals surface area contributed by atoms with Crippen molar-refractivity contribution in [1.82, 2.24) is 4.90 Å². The number of carbonyl (C=O) groups is 1. The van der Waals surface area contributed by atoms with E-state index in [1.54, 1.807) is 4.90 Å². The van der Waals surface area contributed by atoms with Gasteiger partial charge in [-0.05, 0) is 6.42 Å². The fraction of sp³-hybridized carbons (Fsp3) is 0.923. The Kier molecular flexibility index (Phi) is 6.62. The maximum Gasteiger partial charge on any atom is 0.227 e. The summed E-state index contributed by atoms with van der Waals surface area (Å²) in [5.74, 6) is 0.248. The topological polar surface area (TPSA) is 20.3 Å². The van der Waals surface area contributed by atoms with Crippen LogP contribution in [0.5, 0.6) is 0 Å². The van der Waals surface area contributed by atoms with Gasteiger partial charge in [0.05, 0.1) is 0 Å². The van der Waals surface area contributed by atoms with E-state index in [9.17, 15) is 4.79 Å². The zero-order valence-electron chi connectivity index (χ0n) is 11.1. The van der Waals surface area contributed by atoms with Crippen molar-refractivity contribution in [3.63, 3.8) is 0 Å². The van der Waals surface area contributed by atoms with Crippen molar-refractivity contribution in [2.45, 2.75) is 59.3 Å². The Morgan fingerprint density at radius 3 is 2.07 bits per heavy atom. The summed E-state index contributed by atoms with van der Waals surface area (Å²) >= 11 is 0. The summed E-state index contributed by atoms with van der Waals surface area (Å²) in [6.07, 6.45) is 7.35. The van der Waals surface area contributed by atoms with E-state index in [-0.39, 0.29) is 11.3 Å². The Balaban J connectivity index is 3.79. The summed E-state index contributed by atoms with van der Waals surface area (Å²) in [4.78, 5) is 13.5. The molecule has 0 radical (unpaired) electrons. The second kappa shape index (κ2) is 6.86. The molecule has 15 heavy (non-hydrogen) atoms. The molecule has 0 heterocycles. The SMILES string of the molecule is CCCCCCCC(C)(C)C(=O)N(C)C. The first-order valence-electron chi connectivity index (χ1n) is 6.13. The van der Waals surface area contributed by atoms with E-state index >= 15 is 0 Å². The van der Waals surface area contributed by atoms with Crippen LogP contribution < -0.4 is 0 Å². The average molecular weight is 213 g/mol. The van der Waals surface area contributed by atoms with Gasteiger partial charge < -0.3 is 4.90 Å². The molecule has 0 unspecified atom stereocenters. The number of amides is 1. The molecule has 0 bridgehead atoms. The van der Waals surface area contributed by atoms with E-state index in [4.69, 9.17) is 0 Å². The molecule has 0 atom stereocenters. The third kappa shape index (κ3) is 5.81. The fourth-order valence-corrected chi connectivity index (χ4v) is 1.88. The molecular weight excluding hydrogens is 186 g/mol. The van der Waals surface area contributed by atoms with Crippen molar-refractivity contribution in [3.8, 4) is 0 Å². The lowest BCUT2D eigenvalue weighted by Gasteiger charge is -2.27. The Hall–Kier alpha value is -0.530. The molecule has 0 aliphatic carbocycles. The number of carbonyl (C=O) groups excluding carboxylic acids is 1. The van der Waals surface area contributed by atoms with Gasteiger partial charge in [-0.2, -0.15) is 0 Å². The molecule has 0 aliphatic heterocycles. The van der Waals surface area contributed by atoms with Crippen molar-refractivity contribution in [2.24, 2.45) is 5.41 Å². The lowest BCUT2D eigenvalue weighted by molar-refractivity contribution is -0.138. The van der Waals surface area contributed by atoms with Gasteiger partial charge in [0.15, 0.2) is 0 Å². The van der Waals surface area contributed by atoms with Gasteiger partial charge in [0.2, 0.25) is 5.91 Å². The molecule has 0 N–H and O–H groups in total. The molecule has 0 rings (SSSR count). The largest absolute Gasteiger partial charge is 0.348 e. The highest BCUT2D eigenvalue weighted by Gasteiger charge is 2.28. The Labute approximate surface area is 95.0 Å². The molecule has 0 aromatic rings. The standard InChI is InChI=1S/C13H27NO/c1-6-7-8-9-10-11-13(2,3)12(15)14(4)5/h6-11H2,1-5H3. The highest BCUT2D eigenvalue weighted by molar-refractivity contribution is 5.81. The molecule has 0 aliphatic rings. The lowest BCUT2D eigenvalue weighted by Crippen LogP contribution is -2.35. The molecule has 90 valence electrons. The Morgan fingerprint density at radius 1 is 1.07 bits per heavy atom. The minimum absolute atomic E-state index is 0.185. The normalized spacial score (nSPS) is 11.5. The summed E-state index contributed by atoms with van der Waals surface area (Å²) in [6, 6.07) is 0. The van der Waals surface area contributed by atoms with E-state index in [0.29, 0.717) is 0 Å². The molecule has 0 spiro atoms. The number of rotatable bonds is 7. The monoisotopic (exact) mass is 213 g/mol. The van der Waals surface area contributed by atoms with Gasteiger partial charge in [-0.25, -0.2) is 0 Å². The molecule has 0 saturated carbocycles. The summed E-state index contributed by atoms with van der Waals surface area (Å²) < 4.78 is 0. The third-order valence-electron chi connectivity index (χ3n) is 2.89. The highest BCUT2D eigenvalue weighted by atomic mass is 16.2. The number of unbranched alkanes of at least 4 members (excludes halogenated alkanes) is 4. The Bertz CT molecular complexity index is 185. The van der Waals surface area contributed by atoms with E-state index in [0.717, 1.165) is 6.42 Å². The molecule has 2 heteroatoms. The molecule has 0 fully saturated rings. The second-order valence-corrected chi connectivity index (χ2v) is 5.25. The Morgan fingerprint density at radius 2 is 1.60 bits per heavy atom. The van der Waals surface area contributed by atoms with Crippen LogP contribution in [0.25, 0.3) is 0 Å². The predicted molar refractivity (Wildman–Crippen MR) is 65.9 cm³/mol. The maximum absolute atomic E-state index is 11.8. The first kappa shape index (κ1) is 14.5. The van der Waals surface area contributed by atoms with Crippen LogP contribution in [0.15, 0.2) is 0 Å². The van der Waals surface area contributed by atoms with Gasteiger partial charge in [0.1, 0.15) is 0 Å². The minimum atomic E-state index is -0.185. The number of nitrogens with zero attached hydrogens (tertiary/aromatic N) is 1. The molecule has 0 saturated heterocycles. The van der Waals surface area contributed by atoms with Crippen molar-refractivity contribution in [2.75, 3.05) is 14.1 Å². The van der Waals surface area contributed by atoms with Crippen molar-refractivity contribution >= 4 is 5.91 Å². The quantitative estimate of drug-likeness (QED) is 0.593. The first-order valence-corrected chi connectivity index (χ1v) is 6.13. The van der Waals surface area contributed by atoms with Crippen LogP contribution in [-0.4, -0.2) is 24.9 Å². The van der Waals surface area contributed by atoms with Crippen LogP contribution >= 0.6 is 0 Å². The van der Waals surface area contributed by atoms with Gasteiger partial charge >= 0.3 is 0 Å². The van der Waals surface area contributed by atoms with Crippen LogP contribution in [0, 0.1) is 5.41 Å². The minimum Gasteiger partial charge on any atom is -0.348 e. The van der Waals surface area contributed by atoms with E-state index < -0.39 is 0 Å². The predicted octanol–water partition coefficient (Wildman–Crippen LogP) is 3.46. The molecule has 0 aromatic carbocycles. The number of hydrogen-bond acceptors (Lipinski definition) is 1. The summed E-state index contributed by atoms with van der Waals surface area (Å²) in [6.45, 7) is 6.32. The van der Waals surface area contributed by atoms with Crippen molar-refractivity contribution in [1.29, 1.82) is 0 Å². The van der Waals surface area contributed by atoms with Gasteiger partial charge in [-0.1, -0.05) is 52.9 Å². The molecule has 1 amide bonds. The number of hydrogen-bond donors (Lipinski definition) is 0. The summed E-state index contributed by atoms with van der Waals surface area (Å²) in [7, 11) is 3.67. The van der Waals surface area contributed by atoms with E-state index in [2.05, 4.69) is 20.8 Å². The van der Waals surface area contributed by atoms with Crippen molar-refractivity contribution in [3.05, 3.63) is 0 Å². The molecular formula is C13H27NO. The zero-order chi connectivity index (χ0) is 11.9. The van der Waals surface area contributed by atoms with Crippen LogP contribution in [0.1, 0.15) is 59.3 Å². The lowest BCUT2D eigenvalue weighted by atomic mass is 9.85. The van der Waals surface area contributed by atoms with Gasteiger partial charge in [0, 0.05) is 19.5 Å². The van der Waals surface area contributed by atoms with Crippen LogP contribution in [0.2, 0.25) is 0 Å². The first-order chi connectivity index (χ1) is 6.91. The zero-order valence-corrected chi connectivity index (χ0v) is 11.1. The second-order valence-electron chi connectivity index (χ2n) is 5.25. The molecule has 0 aromatic heterocycles. The van der Waals surface area contributed by atoms with Gasteiger partial charge in [-0.15, -0.1) is 0 Å². The van der Waals surface area contributed by atoms with Crippen molar-refractivity contribution < 1.29 is 4.79 Å². The average Bonchev–Trinajstić information content (AvgIpc) is 2.16. The maximum atomic E-state index is 11.8. The highest BCUT2D eigenvalue weighted by Crippen LogP contribution is 2.25. The smallest absolute Gasteiger partial charge is 0.227 e. The van der Waals surface area contributed by atoms with Gasteiger partial charge in [0.25, 0.3) is 0 Å². The molecule has 2 nitrogen and oxygen atoms in total. The van der Waals surface area contributed by atoms with Crippen LogP contribution in [0.4, 0.5) is 0 Å². The van der Waals surface area contributed by atoms with E-state index in [1.807, 2.05) is 14.1 Å². The van der Waals surface area contributed by atoms with Crippen LogP contribution in [-0.2, 0) is 4.79 Å². The van der Waals surface area contributed by atoms with Crippen LogP contribution in [0.3, 0.4) is 0 Å².